The first-order valence-corrected chi connectivity index (χ1v) is 7.41. The maximum absolute atomic E-state index is 11.5. The Morgan fingerprint density at radius 1 is 1.12 bits per heavy atom. The van der Waals surface area contributed by atoms with Crippen molar-refractivity contribution in [1.82, 2.24) is 0 Å². The molecule has 2 aromatic rings. The van der Waals surface area contributed by atoms with Gasteiger partial charge in [0.25, 0.3) is 0 Å². The lowest BCUT2D eigenvalue weighted by Crippen LogP contribution is -2.61. The zero-order valence-corrected chi connectivity index (χ0v) is 13.0. The van der Waals surface area contributed by atoms with Crippen molar-refractivity contribution in [2.24, 2.45) is 0 Å². The number of ether oxygens (including phenoxy) is 2. The van der Waals surface area contributed by atoms with E-state index >= 15 is 0 Å². The summed E-state index contributed by atoms with van der Waals surface area (Å²) in [5.41, 5.74) is 0.403. The van der Waals surface area contributed by atoms with E-state index in [-0.39, 0.29) is 11.3 Å². The summed E-state index contributed by atoms with van der Waals surface area (Å²) in [6.07, 6.45) is -8.53. The molecule has 25 heavy (non-hydrogen) atoms. The van der Waals surface area contributed by atoms with Gasteiger partial charge in [-0.05, 0) is 24.6 Å². The SMILES string of the molecule is Cc1cc(=O)oc2cc(O[C@H]3O[C@@H](C(=O)O)[C@H](O)[C@@H](O)[C@@H]3O)ccc12. The van der Waals surface area contributed by atoms with Gasteiger partial charge in [-0.25, -0.2) is 9.59 Å². The van der Waals surface area contributed by atoms with Crippen molar-refractivity contribution < 1.29 is 39.1 Å². The van der Waals surface area contributed by atoms with E-state index in [4.69, 9.17) is 19.0 Å². The van der Waals surface area contributed by atoms with Crippen molar-refractivity contribution in [2.75, 3.05) is 0 Å². The van der Waals surface area contributed by atoms with Crippen molar-refractivity contribution in [3.8, 4) is 5.75 Å². The summed E-state index contributed by atoms with van der Waals surface area (Å²) in [5, 5.41) is 39.1. The Bertz CT molecular complexity index is 858. The molecule has 1 aliphatic rings. The molecule has 2 heterocycles. The highest BCUT2D eigenvalue weighted by molar-refractivity contribution is 5.81. The average Bonchev–Trinajstić information content (AvgIpc) is 2.54. The van der Waals surface area contributed by atoms with Crippen LogP contribution in [0.15, 0.2) is 33.5 Å². The topological polar surface area (TPSA) is 147 Å². The van der Waals surface area contributed by atoms with Gasteiger partial charge in [0.15, 0.2) is 6.10 Å². The fraction of sp³-hybridized carbons (Fsp3) is 0.375. The molecular weight excluding hydrogens is 336 g/mol. The van der Waals surface area contributed by atoms with Crippen LogP contribution in [-0.4, -0.2) is 57.1 Å². The van der Waals surface area contributed by atoms with Crippen LogP contribution in [0, 0.1) is 6.92 Å². The van der Waals surface area contributed by atoms with Gasteiger partial charge < -0.3 is 34.3 Å². The third-order valence-corrected chi connectivity index (χ3v) is 3.99. The van der Waals surface area contributed by atoms with Crippen molar-refractivity contribution >= 4 is 16.9 Å². The highest BCUT2D eigenvalue weighted by Gasteiger charge is 2.48. The molecule has 0 aliphatic carbocycles. The number of aryl methyl sites for hydroxylation is 1. The number of carboxylic acid groups (broad SMARTS) is 1. The van der Waals surface area contributed by atoms with Crippen molar-refractivity contribution in [1.29, 1.82) is 0 Å². The normalized spacial score (nSPS) is 29.5. The number of aliphatic carboxylic acids is 1. The van der Waals surface area contributed by atoms with E-state index in [1.807, 2.05) is 0 Å². The predicted octanol–water partition coefficient (Wildman–Crippen LogP) is -0.628. The van der Waals surface area contributed by atoms with Gasteiger partial charge in [-0.1, -0.05) is 0 Å². The highest BCUT2D eigenvalue weighted by atomic mass is 16.7. The first-order valence-electron chi connectivity index (χ1n) is 7.41. The van der Waals surface area contributed by atoms with Gasteiger partial charge in [0, 0.05) is 17.5 Å². The van der Waals surface area contributed by atoms with Gasteiger partial charge in [0.05, 0.1) is 0 Å². The van der Waals surface area contributed by atoms with Crippen molar-refractivity contribution in [3.63, 3.8) is 0 Å². The van der Waals surface area contributed by atoms with Gasteiger partial charge in [0.2, 0.25) is 6.29 Å². The molecule has 3 rings (SSSR count). The van der Waals surface area contributed by atoms with Crippen LogP contribution in [0.25, 0.3) is 11.0 Å². The van der Waals surface area contributed by atoms with Crippen molar-refractivity contribution in [2.45, 2.75) is 37.6 Å². The standard InChI is InChI=1S/C16H16O9/c1-6-4-10(17)24-9-5-7(2-3-8(6)9)23-16-13(20)11(18)12(19)14(25-16)15(21)22/h2-5,11-14,16,18-20H,1H3,(H,21,22)/t11-,12-,13+,14-,16+/m1/s1. The van der Waals surface area contributed by atoms with Crippen LogP contribution in [-0.2, 0) is 9.53 Å². The number of rotatable bonds is 3. The summed E-state index contributed by atoms with van der Waals surface area (Å²) >= 11 is 0. The fourth-order valence-corrected chi connectivity index (χ4v) is 2.66. The second kappa shape index (κ2) is 6.45. The lowest BCUT2D eigenvalue weighted by Gasteiger charge is -2.38. The fourth-order valence-electron chi connectivity index (χ4n) is 2.66. The predicted molar refractivity (Wildman–Crippen MR) is 82.2 cm³/mol. The molecular formula is C16H16O9. The largest absolute Gasteiger partial charge is 0.479 e. The number of carbonyl (C=O) groups is 1. The van der Waals surface area contributed by atoms with Crippen LogP contribution in [0.4, 0.5) is 0 Å². The van der Waals surface area contributed by atoms with Gasteiger partial charge in [0.1, 0.15) is 29.6 Å². The molecule has 0 saturated carbocycles. The first kappa shape index (κ1) is 17.4. The second-order valence-electron chi connectivity index (χ2n) is 5.76. The summed E-state index contributed by atoms with van der Waals surface area (Å²) in [5.74, 6) is -1.38. The molecule has 1 aromatic carbocycles. The van der Waals surface area contributed by atoms with Crippen LogP contribution >= 0.6 is 0 Å². The first-order chi connectivity index (χ1) is 11.8. The molecule has 4 N–H and O–H groups in total. The molecule has 134 valence electrons. The Hall–Kier alpha value is -2.46. The number of aliphatic hydroxyl groups excluding tert-OH is 3. The van der Waals surface area contributed by atoms with Gasteiger partial charge in [-0.2, -0.15) is 0 Å². The third-order valence-electron chi connectivity index (χ3n) is 3.99. The average molecular weight is 352 g/mol. The van der Waals surface area contributed by atoms with E-state index in [9.17, 15) is 24.9 Å². The van der Waals surface area contributed by atoms with E-state index in [0.29, 0.717) is 10.9 Å². The van der Waals surface area contributed by atoms with Gasteiger partial charge in [-0.15, -0.1) is 0 Å². The molecule has 0 spiro atoms. The Kier molecular flexibility index (Phi) is 4.48. The van der Waals surface area contributed by atoms with E-state index in [2.05, 4.69) is 0 Å². The van der Waals surface area contributed by atoms with Gasteiger partial charge in [-0.3, -0.25) is 0 Å². The Morgan fingerprint density at radius 2 is 1.84 bits per heavy atom. The van der Waals surface area contributed by atoms with E-state index in [1.54, 1.807) is 13.0 Å². The molecule has 9 heteroatoms. The van der Waals surface area contributed by atoms with Gasteiger partial charge >= 0.3 is 11.6 Å². The maximum atomic E-state index is 11.5. The number of aliphatic hydroxyl groups is 3. The van der Waals surface area contributed by atoms with Crippen LogP contribution < -0.4 is 10.4 Å². The number of benzene rings is 1. The molecule has 0 radical (unpaired) electrons. The number of fused-ring (bicyclic) bond motifs is 1. The minimum absolute atomic E-state index is 0.123. The minimum atomic E-state index is -1.80. The second-order valence-corrected chi connectivity index (χ2v) is 5.76. The van der Waals surface area contributed by atoms with E-state index in [1.165, 1.54) is 18.2 Å². The molecule has 0 bridgehead atoms. The number of carboxylic acids is 1. The molecule has 1 aliphatic heterocycles. The van der Waals surface area contributed by atoms with E-state index in [0.717, 1.165) is 0 Å². The quantitative estimate of drug-likeness (QED) is 0.530. The van der Waals surface area contributed by atoms with Crippen LogP contribution in [0.5, 0.6) is 5.75 Å². The Balaban J connectivity index is 1.89. The molecule has 1 aromatic heterocycles. The van der Waals surface area contributed by atoms with Crippen LogP contribution in [0.1, 0.15) is 5.56 Å². The summed E-state index contributed by atoms with van der Waals surface area (Å²) in [6, 6.07) is 5.86. The lowest BCUT2D eigenvalue weighted by molar-refractivity contribution is -0.271. The minimum Gasteiger partial charge on any atom is -0.479 e. The zero-order chi connectivity index (χ0) is 18.3. The molecule has 1 saturated heterocycles. The third kappa shape index (κ3) is 3.22. The monoisotopic (exact) mass is 352 g/mol. The Morgan fingerprint density at radius 3 is 2.52 bits per heavy atom. The van der Waals surface area contributed by atoms with E-state index < -0.39 is 42.3 Å². The van der Waals surface area contributed by atoms with Crippen molar-refractivity contribution in [3.05, 3.63) is 40.2 Å². The molecule has 0 unspecified atom stereocenters. The Labute approximate surface area is 140 Å². The summed E-state index contributed by atoms with van der Waals surface area (Å²) in [6.45, 7) is 1.74. The van der Waals surface area contributed by atoms with Crippen LogP contribution in [0.3, 0.4) is 0 Å². The summed E-state index contributed by atoms with van der Waals surface area (Å²) in [7, 11) is 0. The summed E-state index contributed by atoms with van der Waals surface area (Å²) in [4.78, 5) is 22.5. The zero-order valence-electron chi connectivity index (χ0n) is 13.0. The maximum Gasteiger partial charge on any atom is 0.336 e. The highest BCUT2D eigenvalue weighted by Crippen LogP contribution is 2.27. The number of hydrogen-bond donors (Lipinski definition) is 4. The molecule has 5 atom stereocenters. The molecule has 1 fully saturated rings. The molecule has 9 nitrogen and oxygen atoms in total. The molecule has 0 amide bonds. The number of hydrogen-bond acceptors (Lipinski definition) is 8. The van der Waals surface area contributed by atoms with Crippen LogP contribution in [0.2, 0.25) is 0 Å². The lowest BCUT2D eigenvalue weighted by atomic mass is 9.99. The smallest absolute Gasteiger partial charge is 0.336 e. The summed E-state index contributed by atoms with van der Waals surface area (Å²) < 4.78 is 15.5.